The molecule has 0 aromatic heterocycles. The van der Waals surface area contributed by atoms with E-state index < -0.39 is 20.8 Å². The first-order valence-corrected chi connectivity index (χ1v) is 6.26. The minimum Gasteiger partial charge on any atom is -0.392 e. The fourth-order valence-electron chi connectivity index (χ4n) is 1.35. The van der Waals surface area contributed by atoms with Crippen molar-refractivity contribution in [2.75, 3.05) is 5.75 Å². The summed E-state index contributed by atoms with van der Waals surface area (Å²) in [6, 6.07) is 3.77. The van der Waals surface area contributed by atoms with Gasteiger partial charge in [0, 0.05) is 12.1 Å². The average Bonchev–Trinajstić information content (AvgIpc) is 2.24. The van der Waals surface area contributed by atoms with Crippen molar-refractivity contribution < 1.29 is 23.0 Å². The Kier molecular flexibility index (Phi) is 4.16. The number of aliphatic hydroxyl groups excluding tert-OH is 1. The molecule has 1 aromatic rings. The number of nitro benzene ring substituents is 1. The van der Waals surface area contributed by atoms with Crippen molar-refractivity contribution in [2.45, 2.75) is 13.0 Å². The number of hydrogen-bond acceptors (Lipinski definition) is 5. The molecule has 0 atom stereocenters. The number of non-ortho nitro benzene ring substituents is 1. The third kappa shape index (κ3) is 4.10. The lowest BCUT2D eigenvalue weighted by molar-refractivity contribution is -0.384. The molecule has 0 amide bonds. The number of benzene rings is 1. The monoisotopic (exact) mass is 261 g/mol. The summed E-state index contributed by atoms with van der Waals surface area (Å²) in [6.45, 7) is -0.348. The second-order valence-corrected chi connectivity index (χ2v) is 4.98. The molecule has 1 aromatic carbocycles. The van der Waals surface area contributed by atoms with Crippen LogP contribution in [0.1, 0.15) is 11.1 Å². The van der Waals surface area contributed by atoms with E-state index in [1.165, 1.54) is 18.2 Å². The normalized spacial score (nSPS) is 11.4. The van der Waals surface area contributed by atoms with Gasteiger partial charge < -0.3 is 5.11 Å². The summed E-state index contributed by atoms with van der Waals surface area (Å²) >= 11 is 0. The summed E-state index contributed by atoms with van der Waals surface area (Å²) in [4.78, 5) is 9.92. The van der Waals surface area contributed by atoms with E-state index in [4.69, 9.17) is 9.66 Å². The lowest BCUT2D eigenvalue weighted by Gasteiger charge is -2.06. The highest BCUT2D eigenvalue weighted by Gasteiger charge is 2.13. The third-order valence-corrected chi connectivity index (χ3v) is 2.92. The van der Waals surface area contributed by atoms with Crippen LogP contribution in [0.25, 0.3) is 0 Å². The minimum atomic E-state index is -4.13. The maximum absolute atomic E-state index is 10.6. The Bertz CT molecular complexity index is 524. The van der Waals surface area contributed by atoms with E-state index in [1.807, 2.05) is 0 Å². The van der Waals surface area contributed by atoms with Crippen molar-refractivity contribution in [1.82, 2.24) is 0 Å². The van der Waals surface area contributed by atoms with Gasteiger partial charge in [-0.05, 0) is 23.6 Å². The molecule has 7 nitrogen and oxygen atoms in total. The van der Waals surface area contributed by atoms with E-state index in [9.17, 15) is 18.5 Å². The van der Waals surface area contributed by atoms with E-state index >= 15 is 0 Å². The maximum atomic E-state index is 10.6. The van der Waals surface area contributed by atoms with Crippen LogP contribution in [0.15, 0.2) is 18.2 Å². The van der Waals surface area contributed by atoms with Crippen LogP contribution >= 0.6 is 0 Å². The van der Waals surface area contributed by atoms with Gasteiger partial charge in [0.05, 0.1) is 17.3 Å². The van der Waals surface area contributed by atoms with E-state index in [-0.39, 0.29) is 18.7 Å². The molecule has 2 N–H and O–H groups in total. The summed E-state index contributed by atoms with van der Waals surface area (Å²) in [5, 5.41) is 19.5. The first-order valence-electron chi connectivity index (χ1n) is 4.65. The van der Waals surface area contributed by atoms with Crippen LogP contribution in [0.2, 0.25) is 0 Å². The number of hydrogen-bond donors (Lipinski definition) is 2. The number of aryl methyl sites for hydroxylation is 1. The molecule has 94 valence electrons. The lowest BCUT2D eigenvalue weighted by atomic mass is 10.1. The highest BCUT2D eigenvalue weighted by atomic mass is 32.2. The molecule has 0 bridgehead atoms. The van der Waals surface area contributed by atoms with Gasteiger partial charge in [0.2, 0.25) is 0 Å². The molecule has 0 aliphatic heterocycles. The van der Waals surface area contributed by atoms with Gasteiger partial charge in [-0.3, -0.25) is 14.7 Å². The van der Waals surface area contributed by atoms with Crippen LogP contribution in [-0.4, -0.2) is 28.8 Å². The van der Waals surface area contributed by atoms with E-state index in [0.717, 1.165) is 0 Å². The van der Waals surface area contributed by atoms with Crippen LogP contribution in [-0.2, 0) is 23.1 Å². The Labute approximate surface area is 97.6 Å². The smallest absolute Gasteiger partial charge is 0.269 e. The molecule has 8 heteroatoms. The number of nitrogens with zero attached hydrogens (tertiary/aromatic N) is 1. The van der Waals surface area contributed by atoms with Gasteiger partial charge in [0.15, 0.2) is 0 Å². The van der Waals surface area contributed by atoms with Crippen molar-refractivity contribution in [1.29, 1.82) is 0 Å². The summed E-state index contributed by atoms with van der Waals surface area (Å²) in [7, 11) is -4.13. The molecular weight excluding hydrogens is 250 g/mol. The van der Waals surface area contributed by atoms with Gasteiger partial charge in [-0.1, -0.05) is 0 Å². The number of rotatable bonds is 5. The molecule has 0 radical (unpaired) electrons. The van der Waals surface area contributed by atoms with Crippen molar-refractivity contribution in [3.05, 3.63) is 39.4 Å². The fraction of sp³-hybridized carbons (Fsp3) is 0.333. The standard InChI is InChI=1S/C9H11NO6S/c11-6-8-1-2-9(10(12)13)5-7(8)3-4-17(14,15)16/h1-2,5,11H,3-4,6H2,(H,14,15,16). The maximum Gasteiger partial charge on any atom is 0.269 e. The summed E-state index contributed by atoms with van der Waals surface area (Å²) in [5.41, 5.74) is 0.547. The second-order valence-electron chi connectivity index (χ2n) is 3.40. The largest absolute Gasteiger partial charge is 0.392 e. The van der Waals surface area contributed by atoms with Gasteiger partial charge in [0.25, 0.3) is 15.8 Å². The molecular formula is C9H11NO6S. The molecule has 17 heavy (non-hydrogen) atoms. The summed E-state index contributed by atoms with van der Waals surface area (Å²) in [5.74, 6) is -0.541. The van der Waals surface area contributed by atoms with Crippen molar-refractivity contribution in [3.63, 3.8) is 0 Å². The molecule has 0 aliphatic rings. The Morgan fingerprint density at radius 1 is 1.29 bits per heavy atom. The first kappa shape index (κ1) is 13.6. The van der Waals surface area contributed by atoms with Crippen molar-refractivity contribution in [3.8, 4) is 0 Å². The second kappa shape index (κ2) is 5.21. The van der Waals surface area contributed by atoms with Crippen LogP contribution in [0, 0.1) is 10.1 Å². The van der Waals surface area contributed by atoms with Gasteiger partial charge in [-0.2, -0.15) is 8.42 Å². The van der Waals surface area contributed by atoms with Crippen LogP contribution in [0.5, 0.6) is 0 Å². The van der Waals surface area contributed by atoms with Crippen LogP contribution < -0.4 is 0 Å². The fourth-order valence-corrected chi connectivity index (χ4v) is 1.83. The SMILES string of the molecule is O=[N+]([O-])c1ccc(CO)c(CCS(=O)(=O)O)c1. The van der Waals surface area contributed by atoms with Gasteiger partial charge >= 0.3 is 0 Å². The Morgan fingerprint density at radius 3 is 2.41 bits per heavy atom. The highest BCUT2D eigenvalue weighted by molar-refractivity contribution is 7.85. The highest BCUT2D eigenvalue weighted by Crippen LogP contribution is 2.19. The Morgan fingerprint density at radius 2 is 1.94 bits per heavy atom. The van der Waals surface area contributed by atoms with Crippen molar-refractivity contribution in [2.24, 2.45) is 0 Å². The Hall–Kier alpha value is -1.51. The van der Waals surface area contributed by atoms with Gasteiger partial charge in [0.1, 0.15) is 0 Å². The lowest BCUT2D eigenvalue weighted by Crippen LogP contribution is -2.08. The van der Waals surface area contributed by atoms with Crippen LogP contribution in [0.4, 0.5) is 5.69 Å². The average molecular weight is 261 g/mol. The molecule has 0 spiro atoms. The van der Waals surface area contributed by atoms with E-state index in [0.29, 0.717) is 11.1 Å². The van der Waals surface area contributed by atoms with E-state index in [1.54, 1.807) is 0 Å². The predicted molar refractivity (Wildman–Crippen MR) is 59.1 cm³/mol. The van der Waals surface area contributed by atoms with E-state index in [2.05, 4.69) is 0 Å². The number of nitro groups is 1. The predicted octanol–water partition coefficient (Wildman–Crippen LogP) is 0.517. The minimum absolute atomic E-state index is 0.0869. The van der Waals surface area contributed by atoms with Crippen LogP contribution in [0.3, 0.4) is 0 Å². The van der Waals surface area contributed by atoms with Gasteiger partial charge in [-0.25, -0.2) is 0 Å². The van der Waals surface area contributed by atoms with Gasteiger partial charge in [-0.15, -0.1) is 0 Å². The zero-order valence-electron chi connectivity index (χ0n) is 8.74. The molecule has 1 rings (SSSR count). The Balaban J connectivity index is 3.02. The van der Waals surface area contributed by atoms with Crippen molar-refractivity contribution >= 4 is 15.8 Å². The molecule has 0 aliphatic carbocycles. The zero-order valence-corrected chi connectivity index (χ0v) is 9.55. The topological polar surface area (TPSA) is 118 Å². The number of aliphatic hydroxyl groups is 1. The molecule has 0 saturated heterocycles. The quantitative estimate of drug-likeness (QED) is 0.453. The molecule has 0 heterocycles. The third-order valence-electron chi connectivity index (χ3n) is 2.20. The zero-order chi connectivity index (χ0) is 13.1. The molecule has 0 fully saturated rings. The first-order chi connectivity index (χ1) is 7.83. The summed E-state index contributed by atoms with van der Waals surface area (Å²) in [6.07, 6.45) is -0.0869. The molecule has 0 unspecified atom stereocenters. The molecule has 0 saturated carbocycles. The summed E-state index contributed by atoms with van der Waals surface area (Å²) < 4.78 is 29.8.